The van der Waals surface area contributed by atoms with Crippen LogP contribution in [-0.2, 0) is 14.8 Å². The van der Waals surface area contributed by atoms with Crippen LogP contribution in [0.5, 0.6) is 0 Å². The second-order valence-corrected chi connectivity index (χ2v) is 8.26. The lowest BCUT2D eigenvalue weighted by Crippen LogP contribution is -2.40. The molecule has 1 amide bonds. The van der Waals surface area contributed by atoms with Gasteiger partial charge >= 0.3 is 0 Å². The second-order valence-electron chi connectivity index (χ2n) is 6.70. The number of primary sulfonamides is 1. The van der Waals surface area contributed by atoms with Crippen molar-refractivity contribution >= 4 is 21.6 Å². The molecule has 0 heterocycles. The number of rotatable bonds is 7. The van der Waals surface area contributed by atoms with Crippen LogP contribution in [0.4, 0.5) is 5.69 Å². The molecular weight excluding hydrogens is 386 g/mol. The minimum absolute atomic E-state index is 0.00473. The maximum Gasteiger partial charge on any atom is 0.241 e. The van der Waals surface area contributed by atoms with Crippen molar-refractivity contribution in [3.63, 3.8) is 0 Å². The van der Waals surface area contributed by atoms with Crippen molar-refractivity contribution in [3.05, 3.63) is 96.1 Å². The van der Waals surface area contributed by atoms with Crippen molar-refractivity contribution in [2.24, 2.45) is 5.14 Å². The molecule has 7 heteroatoms. The molecule has 0 saturated carbocycles. The van der Waals surface area contributed by atoms with Crippen molar-refractivity contribution in [2.75, 3.05) is 5.32 Å². The van der Waals surface area contributed by atoms with E-state index in [0.29, 0.717) is 5.69 Å². The zero-order valence-electron chi connectivity index (χ0n) is 15.9. The summed E-state index contributed by atoms with van der Waals surface area (Å²) in [6.45, 7) is 1.78. The fourth-order valence-electron chi connectivity index (χ4n) is 2.98. The van der Waals surface area contributed by atoms with Gasteiger partial charge in [-0.05, 0) is 42.3 Å². The zero-order valence-corrected chi connectivity index (χ0v) is 16.8. The number of anilines is 1. The van der Waals surface area contributed by atoms with Crippen molar-refractivity contribution in [3.8, 4) is 0 Å². The Kier molecular flexibility index (Phi) is 6.43. The van der Waals surface area contributed by atoms with Crippen LogP contribution in [0.3, 0.4) is 0 Å². The summed E-state index contributed by atoms with van der Waals surface area (Å²) in [5.74, 6) is -0.231. The number of nitrogens with two attached hydrogens (primary N) is 1. The summed E-state index contributed by atoms with van der Waals surface area (Å²) < 4.78 is 22.7. The largest absolute Gasteiger partial charge is 0.325 e. The first kappa shape index (κ1) is 20.7. The number of sulfonamides is 1. The lowest BCUT2D eigenvalue weighted by molar-refractivity contribution is -0.117. The lowest BCUT2D eigenvalue weighted by Gasteiger charge is -2.24. The molecule has 0 unspecified atom stereocenters. The fraction of sp³-hybridized carbons (Fsp3) is 0.136. The molecule has 0 bridgehead atoms. The molecule has 0 radical (unpaired) electrons. The molecule has 0 aliphatic carbocycles. The van der Waals surface area contributed by atoms with Gasteiger partial charge in [0.15, 0.2) is 0 Å². The molecule has 4 N–H and O–H groups in total. The van der Waals surface area contributed by atoms with Crippen molar-refractivity contribution in [1.29, 1.82) is 0 Å². The number of hydrogen-bond donors (Lipinski definition) is 3. The molecule has 0 aromatic heterocycles. The molecule has 29 heavy (non-hydrogen) atoms. The average molecular weight is 410 g/mol. The number of amides is 1. The Morgan fingerprint density at radius 3 is 1.76 bits per heavy atom. The van der Waals surface area contributed by atoms with Crippen LogP contribution in [0.1, 0.15) is 24.1 Å². The molecule has 3 aromatic rings. The molecular formula is C22H23N3O3S. The monoisotopic (exact) mass is 409 g/mol. The van der Waals surface area contributed by atoms with E-state index in [1.54, 1.807) is 6.92 Å². The van der Waals surface area contributed by atoms with E-state index < -0.39 is 16.1 Å². The van der Waals surface area contributed by atoms with Gasteiger partial charge in [0.25, 0.3) is 0 Å². The van der Waals surface area contributed by atoms with Crippen molar-refractivity contribution in [2.45, 2.75) is 23.9 Å². The molecule has 0 aliphatic rings. The number of hydrogen-bond acceptors (Lipinski definition) is 4. The van der Waals surface area contributed by atoms with Gasteiger partial charge < -0.3 is 5.32 Å². The first-order valence-corrected chi connectivity index (χ1v) is 10.7. The Morgan fingerprint density at radius 2 is 1.31 bits per heavy atom. The molecule has 0 aliphatic heterocycles. The van der Waals surface area contributed by atoms with Gasteiger partial charge in [-0.3, -0.25) is 10.1 Å². The lowest BCUT2D eigenvalue weighted by atomic mass is 9.98. The van der Waals surface area contributed by atoms with Crippen LogP contribution >= 0.6 is 0 Å². The Hall–Kier alpha value is -3.00. The van der Waals surface area contributed by atoms with Gasteiger partial charge in [-0.25, -0.2) is 13.6 Å². The molecule has 0 saturated heterocycles. The van der Waals surface area contributed by atoms with Crippen LogP contribution in [-0.4, -0.2) is 20.4 Å². The Balaban J connectivity index is 1.74. The number of nitrogens with one attached hydrogen (secondary N) is 2. The van der Waals surface area contributed by atoms with E-state index in [1.165, 1.54) is 24.3 Å². The Labute approximate surface area is 170 Å². The van der Waals surface area contributed by atoms with Gasteiger partial charge in [0.2, 0.25) is 15.9 Å². The van der Waals surface area contributed by atoms with E-state index >= 15 is 0 Å². The number of carbonyl (C=O) groups excluding carboxylic acids is 1. The third-order valence-corrected chi connectivity index (χ3v) is 5.46. The average Bonchev–Trinajstić information content (AvgIpc) is 2.73. The molecule has 0 spiro atoms. The maximum absolute atomic E-state index is 12.7. The first-order valence-electron chi connectivity index (χ1n) is 9.14. The Bertz CT molecular complexity index is 1010. The number of carbonyl (C=O) groups is 1. The van der Waals surface area contributed by atoms with E-state index in [-0.39, 0.29) is 16.8 Å². The highest BCUT2D eigenvalue weighted by Crippen LogP contribution is 2.22. The molecule has 150 valence electrons. The summed E-state index contributed by atoms with van der Waals surface area (Å²) >= 11 is 0. The van der Waals surface area contributed by atoms with Crippen molar-refractivity contribution in [1.82, 2.24) is 5.32 Å². The fourth-order valence-corrected chi connectivity index (χ4v) is 3.50. The quantitative estimate of drug-likeness (QED) is 0.558. The highest BCUT2D eigenvalue weighted by atomic mass is 32.2. The minimum Gasteiger partial charge on any atom is -0.325 e. The summed E-state index contributed by atoms with van der Waals surface area (Å²) in [6.07, 6.45) is 0. The third kappa shape index (κ3) is 5.51. The summed E-state index contributed by atoms with van der Waals surface area (Å²) in [5.41, 5.74) is 2.60. The standard InChI is InChI=1S/C22H23N3O3S/c1-16(22(26)25-19-12-14-20(15-13-19)29(23,27)28)24-21(17-8-4-2-5-9-17)18-10-6-3-7-11-18/h2-16,21,24H,1H3,(H,25,26)(H2,23,27,28)/t16-/m1/s1. The highest BCUT2D eigenvalue weighted by molar-refractivity contribution is 7.89. The summed E-state index contributed by atoms with van der Waals surface area (Å²) in [6, 6.07) is 24.9. The van der Waals surface area contributed by atoms with Crippen LogP contribution in [0.25, 0.3) is 0 Å². The van der Waals surface area contributed by atoms with E-state index in [2.05, 4.69) is 10.6 Å². The van der Waals surface area contributed by atoms with Crippen LogP contribution in [0.15, 0.2) is 89.8 Å². The molecule has 6 nitrogen and oxygen atoms in total. The predicted octanol–water partition coefficient (Wildman–Crippen LogP) is 3.04. The normalized spacial score (nSPS) is 12.5. The summed E-state index contributed by atoms with van der Waals surface area (Å²) in [4.78, 5) is 12.7. The SMILES string of the molecule is C[C@@H](NC(c1ccccc1)c1ccccc1)C(=O)Nc1ccc(S(N)(=O)=O)cc1. The third-order valence-electron chi connectivity index (χ3n) is 4.53. The van der Waals surface area contributed by atoms with E-state index in [0.717, 1.165) is 11.1 Å². The smallest absolute Gasteiger partial charge is 0.241 e. The van der Waals surface area contributed by atoms with Gasteiger partial charge in [0, 0.05) is 5.69 Å². The number of benzene rings is 3. The van der Waals surface area contributed by atoms with Gasteiger partial charge in [-0.1, -0.05) is 60.7 Å². The predicted molar refractivity (Wildman–Crippen MR) is 114 cm³/mol. The van der Waals surface area contributed by atoms with Crippen LogP contribution < -0.4 is 15.8 Å². The first-order chi connectivity index (χ1) is 13.8. The van der Waals surface area contributed by atoms with E-state index in [4.69, 9.17) is 5.14 Å². The molecule has 3 aromatic carbocycles. The van der Waals surface area contributed by atoms with Gasteiger partial charge in [-0.15, -0.1) is 0 Å². The van der Waals surface area contributed by atoms with E-state index in [1.807, 2.05) is 60.7 Å². The topological polar surface area (TPSA) is 101 Å². The molecule has 3 rings (SSSR count). The van der Waals surface area contributed by atoms with Crippen LogP contribution in [0, 0.1) is 0 Å². The van der Waals surface area contributed by atoms with Crippen molar-refractivity contribution < 1.29 is 13.2 Å². The Morgan fingerprint density at radius 1 is 0.828 bits per heavy atom. The minimum atomic E-state index is -3.77. The van der Waals surface area contributed by atoms with Gasteiger partial charge in [0.05, 0.1) is 17.0 Å². The summed E-state index contributed by atoms with van der Waals surface area (Å²) in [7, 11) is -3.77. The van der Waals surface area contributed by atoms with Gasteiger partial charge in [0.1, 0.15) is 0 Å². The second kappa shape index (κ2) is 9.00. The summed E-state index contributed by atoms with van der Waals surface area (Å²) in [5, 5.41) is 11.3. The zero-order chi connectivity index (χ0) is 20.9. The molecule has 0 fully saturated rings. The molecule has 1 atom stereocenters. The van der Waals surface area contributed by atoms with E-state index in [9.17, 15) is 13.2 Å². The maximum atomic E-state index is 12.7. The van der Waals surface area contributed by atoms with Gasteiger partial charge in [-0.2, -0.15) is 0 Å². The van der Waals surface area contributed by atoms with Crippen LogP contribution in [0.2, 0.25) is 0 Å². The highest BCUT2D eigenvalue weighted by Gasteiger charge is 2.21.